The standard InChI is InChI=1S/C26H28N8O2/c1-4-24(35)29-19-15-20(23(36-3)16-22(19)33-13-11-32(2)12-14-33)30-25-27-17-28-26(31-25)34-10-9-18-7-5-6-8-21(18)34/h4-10,15-17H,1,11-14H2,2-3H3,(H,29,35)(H,27,28,30,31). The summed E-state index contributed by atoms with van der Waals surface area (Å²) >= 11 is 0. The van der Waals surface area contributed by atoms with E-state index >= 15 is 0 Å². The van der Waals surface area contributed by atoms with Gasteiger partial charge >= 0.3 is 0 Å². The summed E-state index contributed by atoms with van der Waals surface area (Å²) in [6.45, 7) is 7.12. The summed E-state index contributed by atoms with van der Waals surface area (Å²) < 4.78 is 7.62. The average Bonchev–Trinajstić information content (AvgIpc) is 3.34. The van der Waals surface area contributed by atoms with Crippen molar-refractivity contribution in [2.24, 2.45) is 0 Å². The number of anilines is 4. The average molecular weight is 485 g/mol. The van der Waals surface area contributed by atoms with Crippen LogP contribution in [0.5, 0.6) is 5.75 Å². The van der Waals surface area contributed by atoms with Gasteiger partial charge in [0.25, 0.3) is 0 Å². The van der Waals surface area contributed by atoms with Gasteiger partial charge in [0.05, 0.1) is 29.7 Å². The molecule has 10 heteroatoms. The first-order valence-electron chi connectivity index (χ1n) is 11.7. The minimum Gasteiger partial charge on any atom is -0.494 e. The highest BCUT2D eigenvalue weighted by Gasteiger charge is 2.21. The topological polar surface area (TPSA) is 100 Å². The molecule has 1 amide bonds. The van der Waals surface area contributed by atoms with Gasteiger partial charge in [-0.05, 0) is 31.3 Å². The van der Waals surface area contributed by atoms with Gasteiger partial charge in [-0.15, -0.1) is 0 Å². The smallest absolute Gasteiger partial charge is 0.247 e. The predicted octanol–water partition coefficient (Wildman–Crippen LogP) is 3.44. The molecule has 1 saturated heterocycles. The number of nitrogens with zero attached hydrogens (tertiary/aromatic N) is 6. The molecule has 2 aromatic heterocycles. The summed E-state index contributed by atoms with van der Waals surface area (Å²) in [7, 11) is 3.71. The van der Waals surface area contributed by atoms with Gasteiger partial charge in [0.2, 0.25) is 17.8 Å². The van der Waals surface area contributed by atoms with Crippen molar-refractivity contribution in [1.82, 2.24) is 24.4 Å². The molecule has 0 radical (unpaired) electrons. The highest BCUT2D eigenvalue weighted by Crippen LogP contribution is 2.38. The molecule has 3 heterocycles. The van der Waals surface area contributed by atoms with E-state index in [9.17, 15) is 4.79 Å². The second kappa shape index (κ2) is 10.0. The quantitative estimate of drug-likeness (QED) is 0.385. The molecule has 0 unspecified atom stereocenters. The first kappa shape index (κ1) is 23.3. The monoisotopic (exact) mass is 484 g/mol. The summed E-state index contributed by atoms with van der Waals surface area (Å²) in [5.41, 5.74) is 3.15. The number of amides is 1. The van der Waals surface area contributed by atoms with Gasteiger partial charge in [-0.25, -0.2) is 9.97 Å². The van der Waals surface area contributed by atoms with E-state index in [1.807, 2.05) is 53.2 Å². The Labute approximate surface area is 209 Å². The number of fused-ring (bicyclic) bond motifs is 1. The van der Waals surface area contributed by atoms with E-state index < -0.39 is 0 Å². The number of benzene rings is 2. The zero-order valence-electron chi connectivity index (χ0n) is 20.3. The molecule has 1 aliphatic heterocycles. The third-order valence-electron chi connectivity index (χ3n) is 6.23. The first-order chi connectivity index (χ1) is 17.6. The third-order valence-corrected chi connectivity index (χ3v) is 6.23. The molecule has 1 fully saturated rings. The number of carbonyl (C=O) groups excluding carboxylic acids is 1. The van der Waals surface area contributed by atoms with Crippen LogP contribution < -0.4 is 20.3 Å². The van der Waals surface area contributed by atoms with Crippen molar-refractivity contribution in [3.8, 4) is 11.7 Å². The van der Waals surface area contributed by atoms with E-state index in [0.29, 0.717) is 29.0 Å². The lowest BCUT2D eigenvalue weighted by Gasteiger charge is -2.35. The third kappa shape index (κ3) is 4.71. The molecule has 5 rings (SSSR count). The molecule has 10 nitrogen and oxygen atoms in total. The Hall–Kier alpha value is -4.44. The van der Waals surface area contributed by atoms with Gasteiger partial charge < -0.3 is 25.2 Å². The van der Waals surface area contributed by atoms with Gasteiger partial charge in [-0.1, -0.05) is 24.8 Å². The van der Waals surface area contributed by atoms with Crippen molar-refractivity contribution < 1.29 is 9.53 Å². The Morgan fingerprint density at radius 2 is 1.89 bits per heavy atom. The van der Waals surface area contributed by atoms with Gasteiger partial charge in [0.15, 0.2) is 0 Å². The van der Waals surface area contributed by atoms with E-state index in [0.717, 1.165) is 42.8 Å². The number of likely N-dealkylation sites (N-methyl/N-ethyl adjacent to an activating group) is 1. The molecule has 2 N–H and O–H groups in total. The maximum absolute atomic E-state index is 12.2. The molecule has 184 valence electrons. The van der Waals surface area contributed by atoms with Gasteiger partial charge in [-0.3, -0.25) is 9.36 Å². The lowest BCUT2D eigenvalue weighted by molar-refractivity contribution is -0.111. The number of carbonyl (C=O) groups is 1. The lowest BCUT2D eigenvalue weighted by atomic mass is 10.1. The fourth-order valence-corrected chi connectivity index (χ4v) is 4.27. The van der Waals surface area contributed by atoms with Crippen LogP contribution in [0, 0.1) is 0 Å². The molecule has 0 aliphatic carbocycles. The van der Waals surface area contributed by atoms with Crippen LogP contribution in [0.2, 0.25) is 0 Å². The van der Waals surface area contributed by atoms with Crippen molar-refractivity contribution in [3.63, 3.8) is 0 Å². The van der Waals surface area contributed by atoms with Crippen LogP contribution >= 0.6 is 0 Å². The first-order valence-corrected chi connectivity index (χ1v) is 11.7. The van der Waals surface area contributed by atoms with Gasteiger partial charge in [0.1, 0.15) is 12.1 Å². The number of para-hydroxylation sites is 1. The Morgan fingerprint density at radius 1 is 1.08 bits per heavy atom. The fourth-order valence-electron chi connectivity index (χ4n) is 4.27. The van der Waals surface area contributed by atoms with E-state index in [1.54, 1.807) is 7.11 Å². The van der Waals surface area contributed by atoms with E-state index in [2.05, 4.69) is 49.0 Å². The Morgan fingerprint density at radius 3 is 2.67 bits per heavy atom. The SMILES string of the molecule is C=CC(=O)Nc1cc(Nc2ncnc(-n3ccc4ccccc43)n2)c(OC)cc1N1CCN(C)CC1. The highest BCUT2D eigenvalue weighted by atomic mass is 16.5. The summed E-state index contributed by atoms with van der Waals surface area (Å²) in [4.78, 5) is 30.0. The van der Waals surface area contributed by atoms with Gasteiger partial charge in [0, 0.05) is 43.8 Å². The van der Waals surface area contributed by atoms with Crippen LogP contribution in [0.15, 0.2) is 67.6 Å². The molecule has 36 heavy (non-hydrogen) atoms. The molecule has 1 aliphatic rings. The largest absolute Gasteiger partial charge is 0.494 e. The number of ether oxygens (including phenoxy) is 1. The number of rotatable bonds is 7. The Balaban J connectivity index is 1.50. The second-order valence-electron chi connectivity index (χ2n) is 8.53. The predicted molar refractivity (Wildman–Crippen MR) is 141 cm³/mol. The van der Waals surface area contributed by atoms with Crippen LogP contribution in [0.1, 0.15) is 0 Å². The lowest BCUT2D eigenvalue weighted by Crippen LogP contribution is -2.44. The molecular formula is C26H28N8O2. The molecule has 2 aromatic carbocycles. The normalized spacial score (nSPS) is 14.0. The van der Waals surface area contributed by atoms with Crippen LogP contribution in [-0.4, -0.2) is 70.7 Å². The van der Waals surface area contributed by atoms with Crippen molar-refractivity contribution in [1.29, 1.82) is 0 Å². The molecule has 4 aromatic rings. The van der Waals surface area contributed by atoms with Crippen molar-refractivity contribution >= 4 is 39.8 Å². The van der Waals surface area contributed by atoms with Crippen LogP contribution in [0.4, 0.5) is 23.0 Å². The molecular weight excluding hydrogens is 456 g/mol. The number of aromatic nitrogens is 4. The van der Waals surface area contributed by atoms with Crippen molar-refractivity contribution in [2.45, 2.75) is 0 Å². The zero-order chi connectivity index (χ0) is 25.1. The van der Waals surface area contributed by atoms with Crippen molar-refractivity contribution in [2.75, 3.05) is 55.9 Å². The summed E-state index contributed by atoms with van der Waals surface area (Å²) in [6, 6.07) is 13.8. The van der Waals surface area contributed by atoms with E-state index in [1.165, 1.54) is 12.4 Å². The molecule has 0 spiro atoms. The maximum Gasteiger partial charge on any atom is 0.247 e. The van der Waals surface area contributed by atoms with Gasteiger partial charge in [-0.2, -0.15) is 4.98 Å². The van der Waals surface area contributed by atoms with Crippen LogP contribution in [-0.2, 0) is 4.79 Å². The summed E-state index contributed by atoms with van der Waals surface area (Å²) in [5, 5.41) is 7.27. The van der Waals surface area contributed by atoms with Crippen molar-refractivity contribution in [3.05, 3.63) is 67.6 Å². The van der Waals surface area contributed by atoms with Crippen LogP contribution in [0.3, 0.4) is 0 Å². The summed E-state index contributed by atoms with van der Waals surface area (Å²) in [6.07, 6.45) is 4.65. The van der Waals surface area contributed by atoms with Crippen LogP contribution in [0.25, 0.3) is 16.9 Å². The maximum atomic E-state index is 12.2. The minimum absolute atomic E-state index is 0.288. The Kier molecular flexibility index (Phi) is 6.50. The second-order valence-corrected chi connectivity index (χ2v) is 8.53. The zero-order valence-corrected chi connectivity index (χ0v) is 20.3. The molecule has 0 atom stereocenters. The fraction of sp³-hybridized carbons (Fsp3) is 0.231. The number of hydrogen-bond acceptors (Lipinski definition) is 8. The Bertz CT molecular complexity index is 1410. The number of hydrogen-bond donors (Lipinski definition) is 2. The van der Waals surface area contributed by atoms with E-state index in [-0.39, 0.29) is 5.91 Å². The van der Waals surface area contributed by atoms with E-state index in [4.69, 9.17) is 4.74 Å². The molecule has 0 saturated carbocycles. The summed E-state index contributed by atoms with van der Waals surface area (Å²) in [5.74, 6) is 1.16. The minimum atomic E-state index is -0.288. The number of piperazine rings is 1. The highest BCUT2D eigenvalue weighted by molar-refractivity contribution is 6.02. The number of nitrogens with one attached hydrogen (secondary N) is 2. The number of methoxy groups -OCH3 is 1. The molecule has 0 bridgehead atoms.